The lowest BCUT2D eigenvalue weighted by Gasteiger charge is -2.31. The van der Waals surface area contributed by atoms with Crippen molar-refractivity contribution in [2.75, 3.05) is 13.6 Å². The molecule has 2 nitrogen and oxygen atoms in total. The summed E-state index contributed by atoms with van der Waals surface area (Å²) in [5.74, 6) is 1.89. The Hall–Kier alpha value is -0.860. The molecule has 3 rings (SSSR count). The molecule has 18 heavy (non-hydrogen) atoms. The smallest absolute Gasteiger partial charge is 0.0611 e. The molecule has 4 atom stereocenters. The van der Waals surface area contributed by atoms with Gasteiger partial charge < -0.3 is 10.0 Å². The van der Waals surface area contributed by atoms with Crippen molar-refractivity contribution in [1.29, 1.82) is 0 Å². The first kappa shape index (κ1) is 12.2. The summed E-state index contributed by atoms with van der Waals surface area (Å²) in [6.45, 7) is 2.03. The third kappa shape index (κ3) is 2.32. The molecular weight excluding hydrogens is 222 g/mol. The van der Waals surface area contributed by atoms with Crippen LogP contribution in [0.15, 0.2) is 30.3 Å². The second-order valence-electron chi connectivity index (χ2n) is 6.17. The van der Waals surface area contributed by atoms with Gasteiger partial charge in [-0.15, -0.1) is 0 Å². The molecule has 0 radical (unpaired) electrons. The molecule has 0 saturated heterocycles. The predicted molar refractivity (Wildman–Crippen MR) is 73.1 cm³/mol. The lowest BCUT2D eigenvalue weighted by molar-refractivity contribution is 0.0410. The van der Waals surface area contributed by atoms with Gasteiger partial charge in [0, 0.05) is 19.0 Å². The fourth-order valence-electron chi connectivity index (χ4n) is 3.96. The zero-order valence-corrected chi connectivity index (χ0v) is 11.1. The second-order valence-corrected chi connectivity index (χ2v) is 6.17. The van der Waals surface area contributed by atoms with E-state index in [4.69, 9.17) is 0 Å². The van der Waals surface area contributed by atoms with Crippen LogP contribution in [0.5, 0.6) is 0 Å². The molecule has 2 fully saturated rings. The van der Waals surface area contributed by atoms with Gasteiger partial charge in [0.1, 0.15) is 0 Å². The highest BCUT2D eigenvalue weighted by Gasteiger charge is 2.46. The summed E-state index contributed by atoms with van der Waals surface area (Å²) in [5, 5.41) is 10.3. The number of fused-ring (bicyclic) bond motifs is 2. The fourth-order valence-corrected chi connectivity index (χ4v) is 3.96. The average molecular weight is 245 g/mol. The zero-order valence-electron chi connectivity index (χ0n) is 11.1. The monoisotopic (exact) mass is 245 g/mol. The van der Waals surface area contributed by atoms with Crippen LogP contribution in [-0.4, -0.2) is 29.7 Å². The van der Waals surface area contributed by atoms with Gasteiger partial charge in [0.05, 0.1) is 6.10 Å². The average Bonchev–Trinajstić information content (AvgIpc) is 2.94. The molecule has 0 unspecified atom stereocenters. The molecule has 0 heterocycles. The van der Waals surface area contributed by atoms with Crippen molar-refractivity contribution in [3.63, 3.8) is 0 Å². The van der Waals surface area contributed by atoms with E-state index in [0.717, 1.165) is 19.0 Å². The minimum Gasteiger partial charge on any atom is -0.392 e. The Kier molecular flexibility index (Phi) is 3.40. The third-order valence-corrected chi connectivity index (χ3v) is 4.86. The molecule has 0 aliphatic heterocycles. The van der Waals surface area contributed by atoms with E-state index in [1.165, 1.54) is 24.8 Å². The van der Waals surface area contributed by atoms with Crippen LogP contribution >= 0.6 is 0 Å². The zero-order chi connectivity index (χ0) is 12.5. The molecular formula is C16H23NO. The largest absolute Gasteiger partial charge is 0.392 e. The molecule has 0 amide bonds. The van der Waals surface area contributed by atoms with Crippen molar-refractivity contribution >= 4 is 0 Å². The Balaban J connectivity index is 1.57. The fraction of sp³-hybridized carbons (Fsp3) is 0.625. The van der Waals surface area contributed by atoms with Crippen LogP contribution in [0, 0.1) is 17.8 Å². The Bertz CT molecular complexity index is 389. The van der Waals surface area contributed by atoms with Gasteiger partial charge in [-0.2, -0.15) is 0 Å². The number of hydrogen-bond acceptors (Lipinski definition) is 2. The van der Waals surface area contributed by atoms with Gasteiger partial charge in [0.2, 0.25) is 0 Å². The van der Waals surface area contributed by atoms with Gasteiger partial charge in [0.25, 0.3) is 0 Å². The number of aliphatic hydroxyl groups excluding tert-OH is 1. The summed E-state index contributed by atoms with van der Waals surface area (Å²) < 4.78 is 0. The van der Waals surface area contributed by atoms with Crippen LogP contribution in [-0.2, 0) is 6.54 Å². The topological polar surface area (TPSA) is 23.5 Å². The molecule has 0 aromatic heterocycles. The maximum atomic E-state index is 10.3. The van der Waals surface area contributed by atoms with E-state index in [9.17, 15) is 5.11 Å². The van der Waals surface area contributed by atoms with Crippen LogP contribution < -0.4 is 0 Å². The Morgan fingerprint density at radius 3 is 2.56 bits per heavy atom. The molecule has 2 aliphatic carbocycles. The summed E-state index contributed by atoms with van der Waals surface area (Å²) in [6, 6.07) is 10.6. The van der Waals surface area contributed by atoms with Crippen LogP contribution in [0.2, 0.25) is 0 Å². The van der Waals surface area contributed by atoms with Crippen LogP contribution in [0.25, 0.3) is 0 Å². The van der Waals surface area contributed by atoms with E-state index in [0.29, 0.717) is 11.8 Å². The molecule has 1 aromatic rings. The summed E-state index contributed by atoms with van der Waals surface area (Å²) in [7, 11) is 2.17. The van der Waals surface area contributed by atoms with Crippen LogP contribution in [0.3, 0.4) is 0 Å². The Labute approximate surface area is 110 Å². The van der Waals surface area contributed by atoms with E-state index in [-0.39, 0.29) is 6.10 Å². The lowest BCUT2D eigenvalue weighted by Crippen LogP contribution is -2.36. The number of rotatable bonds is 4. The molecule has 1 N–H and O–H groups in total. The Morgan fingerprint density at radius 2 is 1.89 bits per heavy atom. The first-order valence-electron chi connectivity index (χ1n) is 7.14. The van der Waals surface area contributed by atoms with Gasteiger partial charge in [-0.3, -0.25) is 0 Å². The summed E-state index contributed by atoms with van der Waals surface area (Å²) in [4.78, 5) is 2.37. The van der Waals surface area contributed by atoms with Crippen molar-refractivity contribution < 1.29 is 5.11 Å². The van der Waals surface area contributed by atoms with Gasteiger partial charge in [0.15, 0.2) is 0 Å². The quantitative estimate of drug-likeness (QED) is 0.881. The van der Waals surface area contributed by atoms with E-state index < -0.39 is 0 Å². The first-order valence-corrected chi connectivity index (χ1v) is 7.14. The molecule has 2 bridgehead atoms. The highest BCUT2D eigenvalue weighted by Crippen LogP contribution is 2.48. The highest BCUT2D eigenvalue weighted by molar-refractivity contribution is 5.14. The van der Waals surface area contributed by atoms with Crippen molar-refractivity contribution in [2.24, 2.45) is 17.8 Å². The second kappa shape index (κ2) is 5.02. The normalized spacial score (nSPS) is 34.4. The summed E-state index contributed by atoms with van der Waals surface area (Å²) >= 11 is 0. The maximum absolute atomic E-state index is 10.3. The molecule has 98 valence electrons. The number of aliphatic hydroxyl groups is 1. The SMILES string of the molecule is CN(Cc1ccccc1)C[C@@H]1[C@H]2CC[C@@H](C2)[C@H]1O. The van der Waals surface area contributed by atoms with Gasteiger partial charge in [-0.1, -0.05) is 30.3 Å². The molecule has 1 aromatic carbocycles. The standard InChI is InChI=1S/C16H23NO/c1-17(10-12-5-3-2-4-6-12)11-15-13-7-8-14(9-13)16(15)18/h2-6,13-16,18H,7-11H2,1H3/t13-,14-,15+,16+/m0/s1. The summed E-state index contributed by atoms with van der Waals surface area (Å²) in [6.07, 6.45) is 3.82. The summed E-state index contributed by atoms with van der Waals surface area (Å²) in [5.41, 5.74) is 1.36. The Morgan fingerprint density at radius 1 is 1.17 bits per heavy atom. The number of hydrogen-bond donors (Lipinski definition) is 1. The van der Waals surface area contributed by atoms with E-state index in [1.807, 2.05) is 0 Å². The van der Waals surface area contributed by atoms with Gasteiger partial charge in [-0.25, -0.2) is 0 Å². The van der Waals surface area contributed by atoms with Crippen molar-refractivity contribution in [3.8, 4) is 0 Å². The van der Waals surface area contributed by atoms with E-state index in [2.05, 4.69) is 42.3 Å². The first-order chi connectivity index (χ1) is 8.74. The molecule has 2 aliphatic rings. The predicted octanol–water partition coefficient (Wildman–Crippen LogP) is 2.53. The van der Waals surface area contributed by atoms with Crippen LogP contribution in [0.1, 0.15) is 24.8 Å². The third-order valence-electron chi connectivity index (χ3n) is 4.86. The lowest BCUT2D eigenvalue weighted by atomic mass is 9.86. The van der Waals surface area contributed by atoms with Gasteiger partial charge in [-0.05, 0) is 43.7 Å². The van der Waals surface area contributed by atoms with E-state index >= 15 is 0 Å². The van der Waals surface area contributed by atoms with Crippen LogP contribution in [0.4, 0.5) is 0 Å². The van der Waals surface area contributed by atoms with Crippen molar-refractivity contribution in [3.05, 3.63) is 35.9 Å². The molecule has 0 spiro atoms. The van der Waals surface area contributed by atoms with Gasteiger partial charge >= 0.3 is 0 Å². The number of benzene rings is 1. The minimum atomic E-state index is -0.0398. The molecule has 2 saturated carbocycles. The maximum Gasteiger partial charge on any atom is 0.0611 e. The molecule has 2 heteroatoms. The highest BCUT2D eigenvalue weighted by atomic mass is 16.3. The minimum absolute atomic E-state index is 0.0398. The van der Waals surface area contributed by atoms with Crippen molar-refractivity contribution in [2.45, 2.75) is 31.9 Å². The number of nitrogens with zero attached hydrogens (tertiary/aromatic N) is 1. The van der Waals surface area contributed by atoms with Crippen molar-refractivity contribution in [1.82, 2.24) is 4.90 Å². The van der Waals surface area contributed by atoms with E-state index in [1.54, 1.807) is 0 Å².